The molecule has 0 bridgehead atoms. The van der Waals surface area contributed by atoms with E-state index < -0.39 is 0 Å². The van der Waals surface area contributed by atoms with Crippen molar-refractivity contribution in [2.45, 2.75) is 19.1 Å². The fraction of sp³-hybridized carbons (Fsp3) is 0.300. The summed E-state index contributed by atoms with van der Waals surface area (Å²) in [6.07, 6.45) is 3.09. The summed E-state index contributed by atoms with van der Waals surface area (Å²) in [5.41, 5.74) is 4.33. The lowest BCUT2D eigenvalue weighted by molar-refractivity contribution is 0.237. The average molecular weight is 484 g/mol. The molecule has 0 saturated carbocycles. The summed E-state index contributed by atoms with van der Waals surface area (Å²) in [7, 11) is 3.35. The molecule has 1 aromatic heterocycles. The highest BCUT2D eigenvalue weighted by Gasteiger charge is 2.27. The summed E-state index contributed by atoms with van der Waals surface area (Å²) < 4.78 is 17.9. The van der Waals surface area contributed by atoms with Crippen molar-refractivity contribution in [3.63, 3.8) is 0 Å². The molecule has 6 heteroatoms. The number of para-hydroxylation sites is 1. The molecule has 5 rings (SSSR count). The minimum Gasteiger partial charge on any atom is -0.493 e. The van der Waals surface area contributed by atoms with E-state index in [1.165, 1.54) is 0 Å². The minimum absolute atomic E-state index is 0.00739. The fourth-order valence-corrected chi connectivity index (χ4v) is 4.91. The summed E-state index contributed by atoms with van der Waals surface area (Å²) >= 11 is 0. The number of pyridine rings is 1. The van der Waals surface area contributed by atoms with Gasteiger partial charge in [0.05, 0.1) is 25.8 Å². The van der Waals surface area contributed by atoms with Crippen molar-refractivity contribution in [2.75, 3.05) is 40.4 Å². The smallest absolute Gasteiger partial charge is 0.203 e. The minimum atomic E-state index is 0.00739. The third-order valence-corrected chi connectivity index (χ3v) is 6.69. The van der Waals surface area contributed by atoms with Crippen molar-refractivity contribution in [1.29, 1.82) is 0 Å². The van der Waals surface area contributed by atoms with Gasteiger partial charge < -0.3 is 19.5 Å². The van der Waals surface area contributed by atoms with Crippen LogP contribution in [0.15, 0.2) is 79.0 Å². The number of nitrogens with zero attached hydrogens (tertiary/aromatic N) is 2. The van der Waals surface area contributed by atoms with Crippen LogP contribution < -0.4 is 19.5 Å². The van der Waals surface area contributed by atoms with Gasteiger partial charge in [-0.2, -0.15) is 0 Å². The molecule has 0 amide bonds. The Morgan fingerprint density at radius 1 is 0.861 bits per heavy atom. The van der Waals surface area contributed by atoms with E-state index in [-0.39, 0.29) is 6.04 Å². The van der Waals surface area contributed by atoms with Crippen molar-refractivity contribution in [3.05, 3.63) is 95.7 Å². The van der Waals surface area contributed by atoms with Crippen LogP contribution in [0, 0.1) is 0 Å². The van der Waals surface area contributed by atoms with Crippen molar-refractivity contribution < 1.29 is 14.2 Å². The van der Waals surface area contributed by atoms with Gasteiger partial charge in [-0.05, 0) is 53.9 Å². The molecule has 6 nitrogen and oxygen atoms in total. The molecule has 1 unspecified atom stereocenters. The predicted molar refractivity (Wildman–Crippen MR) is 143 cm³/mol. The molecule has 186 valence electrons. The van der Waals surface area contributed by atoms with Gasteiger partial charge in [0.25, 0.3) is 0 Å². The molecule has 4 aromatic rings. The number of fused-ring (bicyclic) bond motifs is 1. The Kier molecular flexibility index (Phi) is 7.64. The number of hydrogen-bond acceptors (Lipinski definition) is 6. The molecule has 1 atom stereocenters. The van der Waals surface area contributed by atoms with Crippen LogP contribution in [0.5, 0.6) is 17.2 Å². The highest BCUT2D eigenvalue weighted by Crippen LogP contribution is 2.43. The zero-order valence-electron chi connectivity index (χ0n) is 20.9. The second kappa shape index (κ2) is 11.4. The predicted octanol–water partition coefficient (Wildman–Crippen LogP) is 5.22. The molecular weight excluding hydrogens is 450 g/mol. The number of aromatic nitrogens is 1. The maximum atomic E-state index is 6.21. The van der Waals surface area contributed by atoms with E-state index in [0.29, 0.717) is 23.9 Å². The molecular formula is C30H33N3O3. The largest absolute Gasteiger partial charge is 0.493 e. The molecule has 0 aliphatic carbocycles. The van der Waals surface area contributed by atoms with Crippen molar-refractivity contribution in [1.82, 2.24) is 15.2 Å². The average Bonchev–Trinajstić information content (AvgIpc) is 3.22. The van der Waals surface area contributed by atoms with Crippen molar-refractivity contribution >= 4 is 10.9 Å². The van der Waals surface area contributed by atoms with Gasteiger partial charge >= 0.3 is 0 Å². The lowest BCUT2D eigenvalue weighted by atomic mass is 9.96. The van der Waals surface area contributed by atoms with Gasteiger partial charge in [-0.1, -0.05) is 48.5 Å². The zero-order chi connectivity index (χ0) is 24.7. The summed E-state index contributed by atoms with van der Waals surface area (Å²) in [5, 5.41) is 4.66. The number of benzene rings is 3. The van der Waals surface area contributed by atoms with E-state index in [2.05, 4.69) is 46.6 Å². The Balaban J connectivity index is 1.56. The Morgan fingerprint density at radius 2 is 1.61 bits per heavy atom. The quantitative estimate of drug-likeness (QED) is 0.371. The van der Waals surface area contributed by atoms with Gasteiger partial charge in [-0.25, -0.2) is 0 Å². The first-order chi connectivity index (χ1) is 17.8. The first-order valence-corrected chi connectivity index (χ1v) is 12.5. The fourth-order valence-electron chi connectivity index (χ4n) is 4.91. The first-order valence-electron chi connectivity index (χ1n) is 12.5. The van der Waals surface area contributed by atoms with E-state index >= 15 is 0 Å². The van der Waals surface area contributed by atoms with Crippen LogP contribution in [0.25, 0.3) is 10.9 Å². The van der Waals surface area contributed by atoms with E-state index in [1.54, 1.807) is 14.2 Å². The molecule has 36 heavy (non-hydrogen) atoms. The van der Waals surface area contributed by atoms with Crippen LogP contribution in [0.4, 0.5) is 0 Å². The summed E-state index contributed by atoms with van der Waals surface area (Å²) in [5.74, 6) is 1.93. The van der Waals surface area contributed by atoms with Gasteiger partial charge in [0.2, 0.25) is 5.75 Å². The number of ether oxygens (including phenoxy) is 3. The van der Waals surface area contributed by atoms with Crippen LogP contribution in [0.2, 0.25) is 0 Å². The van der Waals surface area contributed by atoms with Crippen LogP contribution >= 0.6 is 0 Å². The van der Waals surface area contributed by atoms with Crippen LogP contribution in [0.3, 0.4) is 0 Å². The highest BCUT2D eigenvalue weighted by molar-refractivity contribution is 5.79. The van der Waals surface area contributed by atoms with Gasteiger partial charge in [0.15, 0.2) is 11.5 Å². The van der Waals surface area contributed by atoms with Gasteiger partial charge in [0.1, 0.15) is 6.61 Å². The number of nitrogens with one attached hydrogen (secondary N) is 1. The number of methoxy groups -OCH3 is 2. The SMILES string of the molecule is COc1cc(C(c2cnc3ccccc3c2)N2CCCNCC2)cc(OC)c1OCc1ccccc1. The monoisotopic (exact) mass is 483 g/mol. The molecule has 2 heterocycles. The Bertz CT molecular complexity index is 1260. The van der Waals surface area contributed by atoms with Gasteiger partial charge in [-0.15, -0.1) is 0 Å². The third-order valence-electron chi connectivity index (χ3n) is 6.69. The third kappa shape index (κ3) is 5.30. The van der Waals surface area contributed by atoms with Crippen LogP contribution in [-0.2, 0) is 6.61 Å². The number of rotatable bonds is 8. The van der Waals surface area contributed by atoms with Crippen molar-refractivity contribution in [3.8, 4) is 17.2 Å². The maximum absolute atomic E-state index is 6.21. The summed E-state index contributed by atoms with van der Waals surface area (Å²) in [6.45, 7) is 4.33. The molecule has 1 fully saturated rings. The zero-order valence-corrected chi connectivity index (χ0v) is 20.9. The van der Waals surface area contributed by atoms with E-state index in [9.17, 15) is 0 Å². The molecule has 1 N–H and O–H groups in total. The van der Waals surface area contributed by atoms with E-state index in [4.69, 9.17) is 19.2 Å². The van der Waals surface area contributed by atoms with Crippen molar-refractivity contribution in [2.24, 2.45) is 0 Å². The second-order valence-corrected chi connectivity index (χ2v) is 9.03. The Labute approximate surface area is 212 Å². The molecule has 1 saturated heterocycles. The molecule has 0 radical (unpaired) electrons. The summed E-state index contributed by atoms with van der Waals surface area (Å²) in [6, 6.07) is 24.8. The summed E-state index contributed by atoms with van der Waals surface area (Å²) in [4.78, 5) is 7.30. The second-order valence-electron chi connectivity index (χ2n) is 9.03. The highest BCUT2D eigenvalue weighted by atomic mass is 16.5. The molecule has 3 aromatic carbocycles. The lowest BCUT2D eigenvalue weighted by Crippen LogP contribution is -2.33. The van der Waals surface area contributed by atoms with Gasteiger partial charge in [-0.3, -0.25) is 9.88 Å². The molecule has 0 spiro atoms. The standard InChI is InChI=1S/C30H33N3O3/c1-34-27-18-24(19-28(35-2)30(27)36-21-22-9-4-3-5-10-22)29(33-15-8-13-31-14-16-33)25-17-23-11-6-7-12-26(23)32-20-25/h3-7,9-12,17-20,29,31H,8,13-16,21H2,1-2H3. The number of hydrogen-bond donors (Lipinski definition) is 1. The maximum Gasteiger partial charge on any atom is 0.203 e. The Morgan fingerprint density at radius 3 is 2.39 bits per heavy atom. The van der Waals surface area contributed by atoms with Crippen LogP contribution in [-0.4, -0.2) is 50.3 Å². The first kappa shape index (κ1) is 24.1. The molecule has 1 aliphatic heterocycles. The van der Waals surface area contributed by atoms with Gasteiger partial charge in [0, 0.05) is 31.2 Å². The molecule has 1 aliphatic rings. The topological polar surface area (TPSA) is 55.9 Å². The lowest BCUT2D eigenvalue weighted by Gasteiger charge is -2.32. The van der Waals surface area contributed by atoms with Crippen LogP contribution in [0.1, 0.15) is 29.2 Å². The van der Waals surface area contributed by atoms with E-state index in [0.717, 1.165) is 60.2 Å². The van der Waals surface area contributed by atoms with E-state index in [1.807, 2.05) is 42.6 Å². The Hall–Kier alpha value is -3.61. The normalized spacial score (nSPS) is 15.3.